The van der Waals surface area contributed by atoms with Crippen molar-refractivity contribution in [1.82, 2.24) is 0 Å². The minimum absolute atomic E-state index is 0.329. The van der Waals surface area contributed by atoms with Gasteiger partial charge in [0, 0.05) is 5.56 Å². The summed E-state index contributed by atoms with van der Waals surface area (Å²) in [6.45, 7) is 0. The predicted molar refractivity (Wildman–Crippen MR) is 105 cm³/mol. The zero-order valence-electron chi connectivity index (χ0n) is 15.0. The number of hydrogen-bond donors (Lipinski definition) is 1. The van der Waals surface area contributed by atoms with E-state index in [-0.39, 0.29) is 5.91 Å². The second-order valence-corrected chi connectivity index (χ2v) is 6.19. The first-order valence-corrected chi connectivity index (χ1v) is 8.62. The molecular formula is C22H16N2O4. The summed E-state index contributed by atoms with van der Waals surface area (Å²) in [4.78, 5) is 39.2. The Balaban J connectivity index is 1.65. The molecule has 1 aliphatic heterocycles. The lowest BCUT2D eigenvalue weighted by Gasteiger charge is -2.18. The zero-order chi connectivity index (χ0) is 19.7. The van der Waals surface area contributed by atoms with Crippen molar-refractivity contribution in [1.29, 1.82) is 0 Å². The molecule has 0 radical (unpaired) electrons. The molecule has 4 rings (SSSR count). The van der Waals surface area contributed by atoms with Gasteiger partial charge in [0.15, 0.2) is 0 Å². The number of amides is 3. The number of benzene rings is 3. The molecule has 6 nitrogen and oxygen atoms in total. The maximum absolute atomic E-state index is 12.8. The molecule has 3 amide bonds. The first-order chi connectivity index (χ1) is 13.6. The minimum Gasteiger partial charge on any atom is -0.497 e. The topological polar surface area (TPSA) is 75.7 Å². The van der Waals surface area contributed by atoms with E-state index in [9.17, 15) is 14.4 Å². The molecular weight excluding hydrogens is 356 g/mol. The molecule has 0 saturated heterocycles. The second-order valence-electron chi connectivity index (χ2n) is 6.19. The SMILES string of the molecule is COc1ccc(C(=O)Nc2ccccc2N2C(=O)c3ccccc3C2=O)cc1. The number of fused-ring (bicyclic) bond motifs is 1. The first kappa shape index (κ1) is 17.5. The van der Waals surface area contributed by atoms with Crippen LogP contribution in [0.5, 0.6) is 5.75 Å². The first-order valence-electron chi connectivity index (χ1n) is 8.62. The van der Waals surface area contributed by atoms with Crippen LogP contribution in [-0.2, 0) is 0 Å². The lowest BCUT2D eigenvalue weighted by atomic mass is 10.1. The van der Waals surface area contributed by atoms with Gasteiger partial charge in [0.2, 0.25) is 0 Å². The van der Waals surface area contributed by atoms with Crippen molar-refractivity contribution in [2.75, 3.05) is 17.3 Å². The maximum Gasteiger partial charge on any atom is 0.266 e. The monoisotopic (exact) mass is 372 g/mol. The van der Waals surface area contributed by atoms with Gasteiger partial charge in [-0.15, -0.1) is 0 Å². The van der Waals surface area contributed by atoms with E-state index in [1.54, 1.807) is 79.9 Å². The Morgan fingerprint density at radius 1 is 0.821 bits per heavy atom. The van der Waals surface area contributed by atoms with Crippen molar-refractivity contribution >= 4 is 29.1 Å². The molecule has 1 N–H and O–H groups in total. The molecule has 1 aliphatic rings. The van der Waals surface area contributed by atoms with Crippen LogP contribution in [0.15, 0.2) is 72.8 Å². The van der Waals surface area contributed by atoms with Crippen molar-refractivity contribution in [3.63, 3.8) is 0 Å². The summed E-state index contributed by atoms with van der Waals surface area (Å²) in [6.07, 6.45) is 0. The number of carbonyl (C=O) groups excluding carboxylic acids is 3. The largest absolute Gasteiger partial charge is 0.497 e. The van der Waals surface area contributed by atoms with Gasteiger partial charge in [-0.1, -0.05) is 24.3 Å². The summed E-state index contributed by atoms with van der Waals surface area (Å²) in [5.41, 5.74) is 1.83. The van der Waals surface area contributed by atoms with Crippen LogP contribution in [0.25, 0.3) is 0 Å². The number of anilines is 2. The van der Waals surface area contributed by atoms with Crippen molar-refractivity contribution < 1.29 is 19.1 Å². The Labute approximate surface area is 161 Å². The summed E-state index contributed by atoms with van der Waals surface area (Å²) >= 11 is 0. The Bertz CT molecular complexity index is 1050. The summed E-state index contributed by atoms with van der Waals surface area (Å²) in [5, 5.41) is 2.78. The van der Waals surface area contributed by atoms with E-state index in [1.807, 2.05) is 0 Å². The number of ether oxygens (including phenoxy) is 1. The molecule has 3 aromatic carbocycles. The van der Waals surface area contributed by atoms with E-state index in [1.165, 1.54) is 0 Å². The van der Waals surface area contributed by atoms with E-state index in [2.05, 4.69) is 5.32 Å². The van der Waals surface area contributed by atoms with Crippen LogP contribution >= 0.6 is 0 Å². The predicted octanol–water partition coefficient (Wildman–Crippen LogP) is 3.75. The van der Waals surface area contributed by atoms with Crippen molar-refractivity contribution in [3.8, 4) is 5.75 Å². The van der Waals surface area contributed by atoms with Gasteiger partial charge in [-0.2, -0.15) is 0 Å². The zero-order valence-corrected chi connectivity index (χ0v) is 15.0. The van der Waals surface area contributed by atoms with Crippen LogP contribution in [-0.4, -0.2) is 24.8 Å². The normalized spacial score (nSPS) is 12.7. The number of nitrogens with zero attached hydrogens (tertiary/aromatic N) is 1. The van der Waals surface area contributed by atoms with E-state index in [0.29, 0.717) is 33.8 Å². The standard InChI is InChI=1S/C22H16N2O4/c1-28-15-12-10-14(11-13-15)20(25)23-18-8-4-5-9-19(18)24-21(26)16-6-2-3-7-17(16)22(24)27/h2-13H,1H3,(H,23,25). The third kappa shape index (κ3) is 2.91. The highest BCUT2D eigenvalue weighted by Crippen LogP contribution is 2.33. The fourth-order valence-electron chi connectivity index (χ4n) is 3.12. The molecule has 0 aromatic heterocycles. The van der Waals surface area contributed by atoms with Gasteiger partial charge in [0.05, 0.1) is 29.6 Å². The van der Waals surface area contributed by atoms with Crippen molar-refractivity contribution in [2.45, 2.75) is 0 Å². The second kappa shape index (κ2) is 7.00. The molecule has 0 unspecified atom stereocenters. The van der Waals surface area contributed by atoms with Crippen LogP contribution < -0.4 is 15.0 Å². The summed E-state index contributed by atoms with van der Waals surface area (Å²) in [7, 11) is 1.55. The molecule has 138 valence electrons. The fraction of sp³-hybridized carbons (Fsp3) is 0.0455. The van der Waals surface area contributed by atoms with Crippen molar-refractivity contribution in [3.05, 3.63) is 89.5 Å². The van der Waals surface area contributed by atoms with Gasteiger partial charge in [-0.05, 0) is 48.5 Å². The Morgan fingerprint density at radius 2 is 1.39 bits per heavy atom. The quantitative estimate of drug-likeness (QED) is 0.708. The van der Waals surface area contributed by atoms with E-state index >= 15 is 0 Å². The highest BCUT2D eigenvalue weighted by atomic mass is 16.5. The Hall–Kier alpha value is -3.93. The summed E-state index contributed by atoms with van der Waals surface area (Å²) in [6, 6.07) is 20.0. The van der Waals surface area contributed by atoms with Gasteiger partial charge in [-0.3, -0.25) is 14.4 Å². The summed E-state index contributed by atoms with van der Waals surface area (Å²) in [5.74, 6) is -0.534. The molecule has 0 fully saturated rings. The third-order valence-electron chi connectivity index (χ3n) is 4.54. The van der Waals surface area contributed by atoms with Crippen LogP contribution in [0.3, 0.4) is 0 Å². The highest BCUT2D eigenvalue weighted by Gasteiger charge is 2.37. The number of imide groups is 1. The molecule has 3 aromatic rings. The van der Waals surface area contributed by atoms with Gasteiger partial charge < -0.3 is 10.1 Å². The third-order valence-corrected chi connectivity index (χ3v) is 4.54. The van der Waals surface area contributed by atoms with Crippen LogP contribution in [0.1, 0.15) is 31.1 Å². The number of nitrogens with one attached hydrogen (secondary N) is 1. The molecule has 0 atom stereocenters. The lowest BCUT2D eigenvalue weighted by molar-refractivity contribution is 0.0924. The van der Waals surface area contributed by atoms with Crippen LogP contribution in [0.2, 0.25) is 0 Å². The molecule has 0 spiro atoms. The smallest absolute Gasteiger partial charge is 0.266 e. The van der Waals surface area contributed by atoms with Gasteiger partial charge >= 0.3 is 0 Å². The number of hydrogen-bond acceptors (Lipinski definition) is 4. The molecule has 1 heterocycles. The van der Waals surface area contributed by atoms with E-state index in [0.717, 1.165) is 4.90 Å². The highest BCUT2D eigenvalue weighted by molar-refractivity contribution is 6.35. The summed E-state index contributed by atoms with van der Waals surface area (Å²) < 4.78 is 5.09. The van der Waals surface area contributed by atoms with Gasteiger partial charge in [0.25, 0.3) is 17.7 Å². The maximum atomic E-state index is 12.8. The Kier molecular flexibility index (Phi) is 4.37. The molecule has 0 bridgehead atoms. The number of rotatable bonds is 4. The average molecular weight is 372 g/mol. The number of para-hydroxylation sites is 2. The van der Waals surface area contributed by atoms with Crippen LogP contribution in [0, 0.1) is 0 Å². The number of carbonyl (C=O) groups is 3. The lowest BCUT2D eigenvalue weighted by Crippen LogP contribution is -2.30. The van der Waals surface area contributed by atoms with Crippen molar-refractivity contribution in [2.24, 2.45) is 0 Å². The molecule has 28 heavy (non-hydrogen) atoms. The minimum atomic E-state index is -0.410. The van der Waals surface area contributed by atoms with Gasteiger partial charge in [-0.25, -0.2) is 4.90 Å². The average Bonchev–Trinajstić information content (AvgIpc) is 2.99. The van der Waals surface area contributed by atoms with Crippen LogP contribution in [0.4, 0.5) is 11.4 Å². The number of methoxy groups -OCH3 is 1. The Morgan fingerprint density at radius 3 is 2.00 bits per heavy atom. The molecule has 6 heteroatoms. The van der Waals surface area contributed by atoms with E-state index < -0.39 is 11.8 Å². The molecule has 0 saturated carbocycles. The van der Waals surface area contributed by atoms with E-state index in [4.69, 9.17) is 4.74 Å². The molecule has 0 aliphatic carbocycles. The fourth-order valence-corrected chi connectivity index (χ4v) is 3.12. The van der Waals surface area contributed by atoms with Gasteiger partial charge in [0.1, 0.15) is 5.75 Å².